The fraction of sp³-hybridized carbons (Fsp3) is 0.111. The zero-order valence-electron chi connectivity index (χ0n) is 9.02. The molecule has 0 atom stereocenters. The predicted octanol–water partition coefficient (Wildman–Crippen LogP) is 2.43. The lowest BCUT2D eigenvalue weighted by atomic mass is 10.1. The normalized spacial score (nSPS) is 11.6. The van der Waals surface area contributed by atoms with Gasteiger partial charge in [0.1, 0.15) is 11.5 Å². The Labute approximate surface area is 102 Å². The van der Waals surface area contributed by atoms with Gasteiger partial charge in [0.05, 0.1) is 5.56 Å². The van der Waals surface area contributed by atoms with Gasteiger partial charge in [0.25, 0.3) is 0 Å². The van der Waals surface area contributed by atoms with E-state index < -0.39 is 29.1 Å². The molecule has 1 aromatic heterocycles. The number of rotatable bonds is 2. The Hall–Kier alpha value is -2.39. The Balaban J connectivity index is 2.45. The van der Waals surface area contributed by atoms with Crippen molar-refractivity contribution in [3.63, 3.8) is 0 Å². The number of anilines is 3. The summed E-state index contributed by atoms with van der Waals surface area (Å²) in [4.78, 5) is 3.47. The largest absolute Gasteiger partial charge is 0.419 e. The molecule has 0 saturated heterocycles. The van der Waals surface area contributed by atoms with Gasteiger partial charge in [-0.05, 0) is 12.1 Å². The van der Waals surface area contributed by atoms with Gasteiger partial charge in [-0.3, -0.25) is 0 Å². The van der Waals surface area contributed by atoms with Crippen molar-refractivity contribution >= 4 is 17.6 Å². The van der Waals surface area contributed by atoms with Crippen molar-refractivity contribution in [2.24, 2.45) is 0 Å². The predicted molar refractivity (Wildman–Crippen MR) is 55.4 cm³/mol. The van der Waals surface area contributed by atoms with Crippen LogP contribution in [0.25, 0.3) is 0 Å². The zero-order valence-corrected chi connectivity index (χ0v) is 9.02. The molecule has 0 spiro atoms. The summed E-state index contributed by atoms with van der Waals surface area (Å²) in [7, 11) is 0. The number of nitrogens with one attached hydrogen (secondary N) is 2. The second-order valence-electron chi connectivity index (χ2n) is 3.45. The first-order valence-electron chi connectivity index (χ1n) is 4.79. The SMILES string of the molecule is Nc1nc(Nc2c(F)ccc(C(F)(F)F)c2F)n[nH]1. The van der Waals surface area contributed by atoms with Gasteiger partial charge in [0.2, 0.25) is 11.9 Å². The average molecular weight is 279 g/mol. The highest BCUT2D eigenvalue weighted by Gasteiger charge is 2.36. The van der Waals surface area contributed by atoms with Gasteiger partial charge in [0.15, 0.2) is 5.82 Å². The molecule has 2 rings (SSSR count). The number of nitrogen functional groups attached to an aromatic ring is 1. The van der Waals surface area contributed by atoms with Gasteiger partial charge in [-0.15, -0.1) is 5.10 Å². The topological polar surface area (TPSA) is 79.6 Å². The fourth-order valence-corrected chi connectivity index (χ4v) is 1.33. The minimum Gasteiger partial charge on any atom is -0.368 e. The zero-order chi connectivity index (χ0) is 14.2. The third-order valence-electron chi connectivity index (χ3n) is 2.14. The maximum atomic E-state index is 13.6. The minimum absolute atomic E-state index is 0.157. The van der Waals surface area contributed by atoms with E-state index in [1.165, 1.54) is 0 Å². The van der Waals surface area contributed by atoms with Crippen LogP contribution >= 0.6 is 0 Å². The molecule has 0 aliphatic rings. The van der Waals surface area contributed by atoms with E-state index in [0.717, 1.165) is 0 Å². The smallest absolute Gasteiger partial charge is 0.368 e. The lowest BCUT2D eigenvalue weighted by Gasteiger charge is -2.12. The molecule has 5 nitrogen and oxygen atoms in total. The standard InChI is InChI=1S/C9H6F5N5/c10-4-2-1-3(9(12,13)14)5(11)6(4)16-8-17-7(15)18-19-8/h1-2H,(H4,15,16,17,18,19). The third kappa shape index (κ3) is 2.56. The summed E-state index contributed by atoms with van der Waals surface area (Å²) in [5, 5.41) is 7.55. The molecule has 0 bridgehead atoms. The van der Waals surface area contributed by atoms with Crippen molar-refractivity contribution in [3.05, 3.63) is 29.3 Å². The van der Waals surface area contributed by atoms with Crippen LogP contribution in [-0.2, 0) is 6.18 Å². The molecule has 1 aromatic carbocycles. The number of halogens is 5. The molecule has 10 heteroatoms. The summed E-state index contributed by atoms with van der Waals surface area (Å²) in [6.45, 7) is 0. The van der Waals surface area contributed by atoms with E-state index in [4.69, 9.17) is 5.73 Å². The van der Waals surface area contributed by atoms with Crippen LogP contribution in [0.2, 0.25) is 0 Å². The molecule has 0 fully saturated rings. The summed E-state index contributed by atoms with van der Waals surface area (Å²) in [6.07, 6.45) is -4.94. The molecule has 102 valence electrons. The van der Waals surface area contributed by atoms with E-state index >= 15 is 0 Å². The highest BCUT2D eigenvalue weighted by Crippen LogP contribution is 2.35. The van der Waals surface area contributed by atoms with Gasteiger partial charge < -0.3 is 11.1 Å². The van der Waals surface area contributed by atoms with Crippen LogP contribution in [0.5, 0.6) is 0 Å². The lowest BCUT2D eigenvalue weighted by Crippen LogP contribution is -2.11. The number of aromatic nitrogens is 3. The van der Waals surface area contributed by atoms with Crippen molar-refractivity contribution in [1.82, 2.24) is 15.2 Å². The molecule has 1 heterocycles. The lowest BCUT2D eigenvalue weighted by molar-refractivity contribution is -0.139. The highest BCUT2D eigenvalue weighted by atomic mass is 19.4. The quantitative estimate of drug-likeness (QED) is 0.737. The molecule has 0 unspecified atom stereocenters. The molecule has 0 aliphatic heterocycles. The number of benzene rings is 1. The maximum Gasteiger partial charge on any atom is 0.419 e. The van der Waals surface area contributed by atoms with Gasteiger partial charge in [-0.1, -0.05) is 0 Å². The first-order valence-corrected chi connectivity index (χ1v) is 4.79. The fourth-order valence-electron chi connectivity index (χ4n) is 1.33. The van der Waals surface area contributed by atoms with E-state index in [0.29, 0.717) is 12.1 Å². The molecule has 0 amide bonds. The summed E-state index contributed by atoms with van der Waals surface area (Å²) < 4.78 is 64.3. The Morgan fingerprint density at radius 3 is 2.42 bits per heavy atom. The van der Waals surface area contributed by atoms with E-state index in [9.17, 15) is 22.0 Å². The second kappa shape index (κ2) is 4.37. The number of nitrogens with two attached hydrogens (primary N) is 1. The van der Waals surface area contributed by atoms with E-state index in [1.54, 1.807) is 0 Å². The van der Waals surface area contributed by atoms with Gasteiger partial charge in [0, 0.05) is 0 Å². The van der Waals surface area contributed by atoms with Crippen molar-refractivity contribution in [2.75, 3.05) is 11.1 Å². The minimum atomic E-state index is -4.94. The Morgan fingerprint density at radius 1 is 1.21 bits per heavy atom. The second-order valence-corrected chi connectivity index (χ2v) is 3.45. The molecule has 0 aliphatic carbocycles. The number of H-pyrrole nitrogens is 1. The number of hydrogen-bond donors (Lipinski definition) is 3. The van der Waals surface area contributed by atoms with Gasteiger partial charge in [-0.2, -0.15) is 18.2 Å². The summed E-state index contributed by atoms with van der Waals surface area (Å²) in [5.74, 6) is -3.50. The van der Waals surface area contributed by atoms with Crippen LogP contribution in [0.4, 0.5) is 39.5 Å². The number of aromatic amines is 1. The molecule has 0 saturated carbocycles. The Kier molecular flexibility index (Phi) is 3.00. The molecule has 19 heavy (non-hydrogen) atoms. The van der Waals surface area contributed by atoms with E-state index in [-0.39, 0.29) is 11.9 Å². The van der Waals surface area contributed by atoms with E-state index in [1.807, 2.05) is 5.32 Å². The summed E-state index contributed by atoms with van der Waals surface area (Å²) >= 11 is 0. The van der Waals surface area contributed by atoms with Crippen LogP contribution in [-0.4, -0.2) is 15.2 Å². The van der Waals surface area contributed by atoms with Gasteiger partial charge >= 0.3 is 6.18 Å². The summed E-state index contributed by atoms with van der Waals surface area (Å²) in [5.41, 5.74) is 2.57. The Bertz CT molecular complexity index is 606. The molecular weight excluding hydrogens is 273 g/mol. The monoisotopic (exact) mass is 279 g/mol. The Morgan fingerprint density at radius 2 is 1.89 bits per heavy atom. The molecule has 2 aromatic rings. The van der Waals surface area contributed by atoms with Crippen LogP contribution in [0.1, 0.15) is 5.56 Å². The van der Waals surface area contributed by atoms with Crippen molar-refractivity contribution < 1.29 is 22.0 Å². The van der Waals surface area contributed by atoms with Crippen LogP contribution < -0.4 is 11.1 Å². The average Bonchev–Trinajstić information content (AvgIpc) is 2.68. The number of hydrogen-bond acceptors (Lipinski definition) is 4. The van der Waals surface area contributed by atoms with Gasteiger partial charge in [-0.25, -0.2) is 13.9 Å². The van der Waals surface area contributed by atoms with Crippen molar-refractivity contribution in [1.29, 1.82) is 0 Å². The third-order valence-corrected chi connectivity index (χ3v) is 2.14. The number of nitrogens with zero attached hydrogens (tertiary/aromatic N) is 2. The molecule has 0 radical (unpaired) electrons. The molecule has 4 N–H and O–H groups in total. The van der Waals surface area contributed by atoms with Crippen molar-refractivity contribution in [2.45, 2.75) is 6.18 Å². The van der Waals surface area contributed by atoms with Crippen molar-refractivity contribution in [3.8, 4) is 0 Å². The summed E-state index contributed by atoms with van der Waals surface area (Å²) in [6, 6.07) is 0.798. The molecular formula is C9H6F5N5. The highest BCUT2D eigenvalue weighted by molar-refractivity contribution is 5.57. The van der Waals surface area contributed by atoms with E-state index in [2.05, 4.69) is 15.2 Å². The first kappa shape index (κ1) is 13.1. The van der Waals surface area contributed by atoms with Crippen LogP contribution in [0.15, 0.2) is 12.1 Å². The van der Waals surface area contributed by atoms with Crippen LogP contribution in [0.3, 0.4) is 0 Å². The first-order chi connectivity index (χ1) is 8.79. The van der Waals surface area contributed by atoms with Crippen LogP contribution in [0, 0.1) is 11.6 Å². The number of alkyl halides is 3. The maximum absolute atomic E-state index is 13.6.